The van der Waals surface area contributed by atoms with Crippen molar-refractivity contribution < 1.29 is 34.8 Å². The highest BCUT2D eigenvalue weighted by Gasteiger charge is 2.32. The lowest BCUT2D eigenvalue weighted by Crippen LogP contribution is -2.22. The van der Waals surface area contributed by atoms with Gasteiger partial charge in [-0.3, -0.25) is 9.52 Å². The van der Waals surface area contributed by atoms with Crippen molar-refractivity contribution in [3.05, 3.63) is 70.9 Å². The number of carbonyl (C=O) groups is 1. The van der Waals surface area contributed by atoms with Gasteiger partial charge in [0, 0.05) is 22.8 Å². The molecule has 3 aromatic rings. The SMILES string of the molecule is CCCC(=O)c1nc(NS(=O)(=O)c2ccc(C(F)(F)F)cc2Cl)ccc1Sc1ccc(S(=O)(=O)NCC)cc1. The minimum atomic E-state index is -4.70. The van der Waals surface area contributed by atoms with E-state index in [1.54, 1.807) is 26.0 Å². The molecule has 0 fully saturated rings. The summed E-state index contributed by atoms with van der Waals surface area (Å²) in [4.78, 5) is 17.5. The molecular weight excluding hydrogens is 599 g/mol. The first-order valence-electron chi connectivity index (χ1n) is 11.4. The Kier molecular flexibility index (Phi) is 9.70. The van der Waals surface area contributed by atoms with Crippen LogP contribution in [-0.4, -0.2) is 34.1 Å². The minimum absolute atomic E-state index is 0.0232. The predicted octanol–water partition coefficient (Wildman–Crippen LogP) is 5.99. The summed E-state index contributed by atoms with van der Waals surface area (Å²) in [6, 6.07) is 10.6. The average molecular weight is 622 g/mol. The lowest BCUT2D eigenvalue weighted by Gasteiger charge is -2.14. The first-order valence-corrected chi connectivity index (χ1v) is 15.6. The van der Waals surface area contributed by atoms with Crippen molar-refractivity contribution in [1.82, 2.24) is 9.71 Å². The average Bonchev–Trinajstić information content (AvgIpc) is 2.84. The van der Waals surface area contributed by atoms with Crippen molar-refractivity contribution in [2.75, 3.05) is 11.3 Å². The maximum atomic E-state index is 12.9. The second-order valence-electron chi connectivity index (χ2n) is 8.04. The van der Waals surface area contributed by atoms with Crippen LogP contribution in [0.1, 0.15) is 42.7 Å². The summed E-state index contributed by atoms with van der Waals surface area (Å²) in [6.07, 6.45) is -4.08. The number of benzene rings is 2. The Morgan fingerprint density at radius 3 is 2.21 bits per heavy atom. The van der Waals surface area contributed by atoms with Gasteiger partial charge in [0.2, 0.25) is 10.0 Å². The molecule has 8 nitrogen and oxygen atoms in total. The first-order chi connectivity index (χ1) is 18.2. The molecular formula is C24H23ClF3N3O5S3. The second-order valence-corrected chi connectivity index (χ2v) is 13.0. The molecule has 0 aliphatic carbocycles. The summed E-state index contributed by atoms with van der Waals surface area (Å²) >= 11 is 6.97. The highest BCUT2D eigenvalue weighted by Crippen LogP contribution is 2.35. The van der Waals surface area contributed by atoms with Crippen molar-refractivity contribution >= 4 is 55.0 Å². The highest BCUT2D eigenvalue weighted by atomic mass is 35.5. The third-order valence-electron chi connectivity index (χ3n) is 5.08. The number of aromatic nitrogens is 1. The number of pyridine rings is 1. The van der Waals surface area contributed by atoms with Crippen LogP contribution < -0.4 is 9.44 Å². The molecule has 0 amide bonds. The van der Waals surface area contributed by atoms with E-state index >= 15 is 0 Å². The molecule has 1 aromatic heterocycles. The van der Waals surface area contributed by atoms with Crippen molar-refractivity contribution in [1.29, 1.82) is 0 Å². The zero-order valence-corrected chi connectivity index (χ0v) is 23.7. The molecule has 15 heteroatoms. The summed E-state index contributed by atoms with van der Waals surface area (Å²) < 4.78 is 93.4. The summed E-state index contributed by atoms with van der Waals surface area (Å²) in [7, 11) is -8.09. The standard InChI is InChI=1S/C24H23ClF3N3O5S3/c1-3-5-19(32)23-20(37-16-7-9-17(10-8-16)38(33,34)29-4-2)11-13-22(30-23)31-39(35,36)21-12-6-15(14-18(21)25)24(26,27)28/h6-14,29H,3-5H2,1-2H3,(H,30,31). The third-order valence-corrected chi connectivity index (χ3v) is 9.54. The number of anilines is 1. The Hall–Kier alpha value is -2.65. The molecule has 0 aliphatic rings. The fourth-order valence-electron chi connectivity index (χ4n) is 3.31. The zero-order valence-electron chi connectivity index (χ0n) is 20.5. The molecule has 39 heavy (non-hydrogen) atoms. The van der Waals surface area contributed by atoms with E-state index in [-0.39, 0.29) is 35.2 Å². The van der Waals surface area contributed by atoms with Gasteiger partial charge < -0.3 is 0 Å². The van der Waals surface area contributed by atoms with Gasteiger partial charge in [-0.05, 0) is 61.0 Å². The molecule has 0 aliphatic heterocycles. The number of rotatable bonds is 11. The monoisotopic (exact) mass is 621 g/mol. The number of ketones is 1. The molecule has 210 valence electrons. The van der Waals surface area contributed by atoms with Crippen LogP contribution in [0.2, 0.25) is 5.02 Å². The molecule has 0 unspecified atom stereocenters. The van der Waals surface area contributed by atoms with Crippen LogP contribution >= 0.6 is 23.4 Å². The molecule has 3 rings (SSSR count). The molecule has 0 radical (unpaired) electrons. The van der Waals surface area contributed by atoms with Crippen LogP contribution in [0.25, 0.3) is 0 Å². The Labute approximate surface area is 233 Å². The number of carbonyl (C=O) groups excluding carboxylic acids is 1. The summed E-state index contributed by atoms with van der Waals surface area (Å²) in [6.45, 7) is 3.67. The number of halogens is 4. The van der Waals surface area contributed by atoms with Gasteiger partial charge in [-0.2, -0.15) is 13.2 Å². The zero-order chi connectivity index (χ0) is 29.0. The number of alkyl halides is 3. The van der Waals surface area contributed by atoms with Gasteiger partial charge in [0.05, 0.1) is 15.5 Å². The van der Waals surface area contributed by atoms with E-state index in [1.165, 1.54) is 24.3 Å². The van der Waals surface area contributed by atoms with Crippen molar-refractivity contribution in [2.45, 2.75) is 52.4 Å². The number of hydrogen-bond acceptors (Lipinski definition) is 7. The van der Waals surface area contributed by atoms with Crippen LogP contribution in [0.5, 0.6) is 0 Å². The summed E-state index contributed by atoms with van der Waals surface area (Å²) in [5.41, 5.74) is -1.13. The van der Waals surface area contributed by atoms with E-state index in [4.69, 9.17) is 11.6 Å². The van der Waals surface area contributed by atoms with Crippen LogP contribution in [0.15, 0.2) is 74.2 Å². The van der Waals surface area contributed by atoms with Crippen molar-refractivity contribution in [3.63, 3.8) is 0 Å². The molecule has 0 saturated heterocycles. The Balaban J connectivity index is 1.92. The van der Waals surface area contributed by atoms with E-state index < -0.39 is 41.7 Å². The van der Waals surface area contributed by atoms with E-state index in [0.717, 1.165) is 17.8 Å². The second kappa shape index (κ2) is 12.3. The maximum absolute atomic E-state index is 12.9. The van der Waals surface area contributed by atoms with Gasteiger partial charge in [0.25, 0.3) is 10.0 Å². The predicted molar refractivity (Wildman–Crippen MR) is 142 cm³/mol. The molecule has 2 N–H and O–H groups in total. The number of hydrogen-bond donors (Lipinski definition) is 2. The van der Waals surface area contributed by atoms with Gasteiger partial charge in [0.1, 0.15) is 16.4 Å². The largest absolute Gasteiger partial charge is 0.416 e. The normalized spacial score (nSPS) is 12.4. The molecule has 2 aromatic carbocycles. The lowest BCUT2D eigenvalue weighted by molar-refractivity contribution is -0.137. The number of nitrogens with one attached hydrogen (secondary N) is 2. The third kappa shape index (κ3) is 7.72. The van der Waals surface area contributed by atoms with Crippen molar-refractivity contribution in [3.8, 4) is 0 Å². The van der Waals surface area contributed by atoms with E-state index in [1.807, 2.05) is 0 Å². The van der Waals surface area contributed by atoms with E-state index in [2.05, 4.69) is 14.4 Å². The summed E-state index contributed by atoms with van der Waals surface area (Å²) in [5, 5.41) is -0.633. The molecule has 0 spiro atoms. The Morgan fingerprint density at radius 1 is 0.974 bits per heavy atom. The molecule has 1 heterocycles. The highest BCUT2D eigenvalue weighted by molar-refractivity contribution is 7.99. The number of nitrogens with zero attached hydrogens (tertiary/aromatic N) is 1. The molecule has 0 bridgehead atoms. The lowest BCUT2D eigenvalue weighted by atomic mass is 10.1. The number of sulfonamides is 2. The van der Waals surface area contributed by atoms with Crippen LogP contribution in [0.3, 0.4) is 0 Å². The summed E-state index contributed by atoms with van der Waals surface area (Å²) in [5.74, 6) is -0.596. The van der Waals surface area contributed by atoms with Crippen LogP contribution in [0, 0.1) is 0 Å². The number of Topliss-reactive ketones (excluding diaryl/α,β-unsaturated/α-hetero) is 1. The molecule has 0 atom stereocenters. The van der Waals surface area contributed by atoms with Gasteiger partial charge in [-0.15, -0.1) is 0 Å². The Bertz CT molecular complexity index is 1580. The van der Waals surface area contributed by atoms with Gasteiger partial charge in [0.15, 0.2) is 5.78 Å². The van der Waals surface area contributed by atoms with Crippen LogP contribution in [-0.2, 0) is 26.2 Å². The fraction of sp³-hybridized carbons (Fsp3) is 0.250. The van der Waals surface area contributed by atoms with E-state index in [9.17, 15) is 34.8 Å². The van der Waals surface area contributed by atoms with Gasteiger partial charge >= 0.3 is 6.18 Å². The fourth-order valence-corrected chi connectivity index (χ4v) is 6.81. The maximum Gasteiger partial charge on any atom is 0.416 e. The van der Waals surface area contributed by atoms with E-state index in [0.29, 0.717) is 28.3 Å². The first kappa shape index (κ1) is 30.9. The molecule has 0 saturated carbocycles. The minimum Gasteiger partial charge on any atom is -0.292 e. The van der Waals surface area contributed by atoms with Gasteiger partial charge in [-0.25, -0.2) is 26.5 Å². The topological polar surface area (TPSA) is 122 Å². The van der Waals surface area contributed by atoms with Gasteiger partial charge in [-0.1, -0.05) is 37.2 Å². The quantitative estimate of drug-likeness (QED) is 0.252. The Morgan fingerprint density at radius 2 is 1.64 bits per heavy atom. The smallest absolute Gasteiger partial charge is 0.292 e. The van der Waals surface area contributed by atoms with Crippen molar-refractivity contribution in [2.24, 2.45) is 0 Å². The van der Waals surface area contributed by atoms with Crippen LogP contribution in [0.4, 0.5) is 19.0 Å².